The maximum atomic E-state index is 12.4. The van der Waals surface area contributed by atoms with E-state index in [0.717, 1.165) is 33.9 Å². The van der Waals surface area contributed by atoms with Crippen LogP contribution in [0.1, 0.15) is 32.8 Å². The molecule has 23 heavy (non-hydrogen) atoms. The number of benzene rings is 1. The summed E-state index contributed by atoms with van der Waals surface area (Å²) in [6, 6.07) is 6.39. The van der Waals surface area contributed by atoms with Crippen LogP contribution in [0.3, 0.4) is 0 Å². The maximum absolute atomic E-state index is 12.4. The Morgan fingerprint density at radius 1 is 1.35 bits per heavy atom. The van der Waals surface area contributed by atoms with Crippen molar-refractivity contribution >= 4 is 37.7 Å². The summed E-state index contributed by atoms with van der Waals surface area (Å²) in [4.78, 5) is 13.6. The van der Waals surface area contributed by atoms with Gasteiger partial charge in [-0.25, -0.2) is 0 Å². The summed E-state index contributed by atoms with van der Waals surface area (Å²) in [7, 11) is 0.854. The Bertz CT molecular complexity index is 608. The highest BCUT2D eigenvalue weighted by Crippen LogP contribution is 2.34. The van der Waals surface area contributed by atoms with Crippen LogP contribution in [0.2, 0.25) is 0 Å². The molecule has 1 aliphatic heterocycles. The van der Waals surface area contributed by atoms with Crippen LogP contribution in [0.4, 0.5) is 5.69 Å². The number of anilines is 1. The van der Waals surface area contributed by atoms with Crippen molar-refractivity contribution in [3.05, 3.63) is 29.8 Å². The summed E-state index contributed by atoms with van der Waals surface area (Å²) < 4.78 is 2.45. The van der Waals surface area contributed by atoms with E-state index < -0.39 is 5.41 Å². The summed E-state index contributed by atoms with van der Waals surface area (Å²) >= 11 is 1.70. The first-order valence-electron chi connectivity index (χ1n) is 7.96. The molecule has 1 atom stereocenters. The van der Waals surface area contributed by atoms with Crippen molar-refractivity contribution in [2.45, 2.75) is 32.1 Å². The van der Waals surface area contributed by atoms with Crippen molar-refractivity contribution in [3.8, 4) is 0 Å². The summed E-state index contributed by atoms with van der Waals surface area (Å²) in [5, 5.41) is 3.14. The second-order valence-electron chi connectivity index (χ2n) is 6.76. The molecule has 126 valence electrons. The fourth-order valence-corrected chi connectivity index (χ4v) is 3.51. The van der Waals surface area contributed by atoms with Crippen LogP contribution in [0, 0.1) is 5.41 Å². The van der Waals surface area contributed by atoms with Crippen LogP contribution in [0.5, 0.6) is 0 Å². The molecule has 1 aliphatic rings. The Labute approximate surface area is 146 Å². The Morgan fingerprint density at radius 2 is 2.09 bits per heavy atom. The van der Waals surface area contributed by atoms with E-state index in [1.54, 1.807) is 11.8 Å². The highest BCUT2D eigenvalue weighted by atomic mass is 32.2. The molecule has 1 aromatic rings. The highest BCUT2D eigenvalue weighted by molar-refractivity contribution is 7.98. The predicted molar refractivity (Wildman–Crippen MR) is 105 cm³/mol. The summed E-state index contributed by atoms with van der Waals surface area (Å²) in [5.74, 6) is 0.0603. The monoisotopic (exact) mass is 350 g/mol. The maximum Gasteiger partial charge on any atom is 0.229 e. The van der Waals surface area contributed by atoms with Gasteiger partial charge >= 0.3 is 0 Å². The van der Waals surface area contributed by atoms with Crippen LogP contribution in [0.15, 0.2) is 29.2 Å². The van der Waals surface area contributed by atoms with E-state index in [2.05, 4.69) is 47.2 Å². The second kappa shape index (κ2) is 7.83. The molecule has 2 rings (SSSR count). The zero-order valence-corrected chi connectivity index (χ0v) is 16.5. The Morgan fingerprint density at radius 3 is 2.61 bits per heavy atom. The Balaban J connectivity index is 2.32. The predicted octanol–water partition coefficient (Wildman–Crippen LogP) is 4.71. The molecule has 0 aromatic heterocycles. The number of carbonyl (C=O) groups is 1. The van der Waals surface area contributed by atoms with E-state index in [0.29, 0.717) is 0 Å². The normalized spacial score (nSPS) is 16.7. The molecule has 0 aliphatic carbocycles. The minimum atomic E-state index is -0.395. The standard InChI is InChI=1S/C18H27N2OPS/c1-18(2,3)17(21)19-16-12-14(23-5)6-7-15(16)13-8-10-20(22-4)11-9-13/h6-8,12,22H,9-11H2,1-5H3,(H,19,21). The van der Waals surface area contributed by atoms with Crippen molar-refractivity contribution in [2.75, 3.05) is 31.3 Å². The molecule has 0 fully saturated rings. The summed E-state index contributed by atoms with van der Waals surface area (Å²) in [6.07, 6.45) is 5.41. The molecular weight excluding hydrogens is 323 g/mol. The fraction of sp³-hybridized carbons (Fsp3) is 0.500. The van der Waals surface area contributed by atoms with Crippen LogP contribution in [-0.2, 0) is 4.79 Å². The SMILES string of the molecule is CPN1CC=C(c2ccc(SC)cc2NC(=O)C(C)(C)C)CC1. The van der Waals surface area contributed by atoms with Gasteiger partial charge in [0, 0.05) is 34.7 Å². The molecule has 0 saturated carbocycles. The number of carbonyl (C=O) groups excluding carboxylic acids is 1. The van der Waals surface area contributed by atoms with Crippen LogP contribution in [-0.4, -0.2) is 36.6 Å². The topological polar surface area (TPSA) is 32.3 Å². The van der Waals surface area contributed by atoms with Gasteiger partial charge in [0.05, 0.1) is 0 Å². The third-order valence-electron chi connectivity index (χ3n) is 4.03. The first-order chi connectivity index (χ1) is 10.8. The van der Waals surface area contributed by atoms with Gasteiger partial charge in [0.2, 0.25) is 5.91 Å². The molecule has 1 heterocycles. The molecule has 1 unspecified atom stereocenters. The van der Waals surface area contributed by atoms with Gasteiger partial charge in [0.1, 0.15) is 0 Å². The van der Waals surface area contributed by atoms with Crippen molar-refractivity contribution < 1.29 is 4.79 Å². The summed E-state index contributed by atoms with van der Waals surface area (Å²) in [6.45, 7) is 10.2. The van der Waals surface area contributed by atoms with Gasteiger partial charge in [-0.1, -0.05) is 41.6 Å². The number of hydrogen-bond donors (Lipinski definition) is 1. The zero-order valence-electron chi connectivity index (χ0n) is 14.7. The number of nitrogens with one attached hydrogen (secondary N) is 1. The lowest BCUT2D eigenvalue weighted by Crippen LogP contribution is -2.28. The van der Waals surface area contributed by atoms with Gasteiger partial charge in [-0.05, 0) is 37.0 Å². The molecular formula is C18H27N2OPS. The van der Waals surface area contributed by atoms with Gasteiger partial charge in [-0.3, -0.25) is 9.46 Å². The molecule has 1 aromatic carbocycles. The van der Waals surface area contributed by atoms with Gasteiger partial charge in [0.25, 0.3) is 0 Å². The zero-order chi connectivity index (χ0) is 17.0. The molecule has 5 heteroatoms. The smallest absolute Gasteiger partial charge is 0.229 e. The van der Waals surface area contributed by atoms with Crippen LogP contribution < -0.4 is 5.32 Å². The highest BCUT2D eigenvalue weighted by Gasteiger charge is 2.23. The van der Waals surface area contributed by atoms with Crippen molar-refractivity contribution in [3.63, 3.8) is 0 Å². The number of amides is 1. The van der Waals surface area contributed by atoms with E-state index >= 15 is 0 Å². The number of rotatable bonds is 4. The molecule has 0 spiro atoms. The minimum absolute atomic E-state index is 0.0603. The van der Waals surface area contributed by atoms with Crippen molar-refractivity contribution in [2.24, 2.45) is 5.41 Å². The van der Waals surface area contributed by atoms with Crippen LogP contribution in [0.25, 0.3) is 5.57 Å². The lowest BCUT2D eigenvalue weighted by atomic mass is 9.94. The first kappa shape index (κ1) is 18.5. The first-order valence-corrected chi connectivity index (χ1v) is 10.6. The van der Waals surface area contributed by atoms with E-state index in [4.69, 9.17) is 0 Å². The van der Waals surface area contributed by atoms with Gasteiger partial charge < -0.3 is 5.32 Å². The molecule has 0 saturated heterocycles. The lowest BCUT2D eigenvalue weighted by Gasteiger charge is -2.26. The fourth-order valence-electron chi connectivity index (χ4n) is 2.46. The quantitative estimate of drug-likeness (QED) is 0.631. The number of hydrogen-bond acceptors (Lipinski definition) is 3. The molecule has 0 bridgehead atoms. The number of nitrogens with zero attached hydrogens (tertiary/aromatic N) is 1. The van der Waals surface area contributed by atoms with E-state index in [-0.39, 0.29) is 5.91 Å². The van der Waals surface area contributed by atoms with Crippen LogP contribution >= 0.6 is 20.5 Å². The lowest BCUT2D eigenvalue weighted by molar-refractivity contribution is -0.123. The van der Waals surface area contributed by atoms with Crippen molar-refractivity contribution in [1.82, 2.24) is 4.67 Å². The van der Waals surface area contributed by atoms with Gasteiger partial charge in [-0.2, -0.15) is 0 Å². The largest absolute Gasteiger partial charge is 0.325 e. The van der Waals surface area contributed by atoms with Crippen molar-refractivity contribution in [1.29, 1.82) is 0 Å². The second-order valence-corrected chi connectivity index (χ2v) is 8.72. The minimum Gasteiger partial charge on any atom is -0.325 e. The molecule has 1 N–H and O–H groups in total. The third kappa shape index (κ3) is 4.82. The Hall–Kier alpha value is -0.830. The van der Waals surface area contributed by atoms with E-state index in [1.165, 1.54) is 16.0 Å². The van der Waals surface area contributed by atoms with E-state index in [1.807, 2.05) is 20.8 Å². The van der Waals surface area contributed by atoms with Gasteiger partial charge in [0.15, 0.2) is 0 Å². The summed E-state index contributed by atoms with van der Waals surface area (Å²) in [5.41, 5.74) is 3.06. The average Bonchev–Trinajstić information content (AvgIpc) is 2.54. The number of thioether (sulfide) groups is 1. The average molecular weight is 350 g/mol. The molecule has 0 radical (unpaired) electrons. The third-order valence-corrected chi connectivity index (χ3v) is 5.79. The Kier molecular flexibility index (Phi) is 6.30. The molecule has 3 nitrogen and oxygen atoms in total. The van der Waals surface area contributed by atoms with E-state index in [9.17, 15) is 4.79 Å². The van der Waals surface area contributed by atoms with Gasteiger partial charge in [-0.15, -0.1) is 11.8 Å². The molecule has 1 amide bonds.